The molecule has 0 bridgehead atoms. The van der Waals surface area contributed by atoms with Gasteiger partial charge in [-0.3, -0.25) is 4.79 Å². The molecule has 0 unspecified atom stereocenters. The number of carbonyl (C=O) groups excluding carboxylic acids is 1. The number of hydrogen-bond donors (Lipinski definition) is 1. The summed E-state index contributed by atoms with van der Waals surface area (Å²) in [6, 6.07) is 3.77. The Balaban J connectivity index is 1.77. The lowest BCUT2D eigenvalue weighted by Crippen LogP contribution is -2.40. The van der Waals surface area contributed by atoms with Crippen LogP contribution in [0, 0.1) is 23.5 Å². The van der Waals surface area contributed by atoms with Gasteiger partial charge in [-0.1, -0.05) is 13.0 Å². The number of amides is 1. The van der Waals surface area contributed by atoms with Crippen molar-refractivity contribution in [2.75, 3.05) is 13.1 Å². The summed E-state index contributed by atoms with van der Waals surface area (Å²) in [7, 11) is 0. The van der Waals surface area contributed by atoms with Crippen molar-refractivity contribution < 1.29 is 13.6 Å². The predicted octanol–water partition coefficient (Wildman–Crippen LogP) is 2.31. The Morgan fingerprint density at radius 3 is 2.67 bits per heavy atom. The van der Waals surface area contributed by atoms with Gasteiger partial charge in [0.15, 0.2) is 0 Å². The second-order valence-electron chi connectivity index (χ2n) is 6.18. The molecule has 1 N–H and O–H groups in total. The highest BCUT2D eigenvalue weighted by atomic mass is 19.1. The van der Waals surface area contributed by atoms with Crippen LogP contribution in [-0.2, 0) is 11.3 Å². The highest BCUT2D eigenvalue weighted by Gasteiger charge is 2.39. The lowest BCUT2D eigenvalue weighted by molar-refractivity contribution is -0.137. The van der Waals surface area contributed by atoms with Crippen LogP contribution >= 0.6 is 0 Å². The Morgan fingerprint density at radius 2 is 2.10 bits per heavy atom. The van der Waals surface area contributed by atoms with Gasteiger partial charge in [0.1, 0.15) is 11.6 Å². The Bertz CT molecular complexity index is 545. The van der Waals surface area contributed by atoms with E-state index in [1.54, 1.807) is 4.90 Å². The maximum absolute atomic E-state index is 13.8. The monoisotopic (exact) mass is 294 g/mol. The zero-order valence-electron chi connectivity index (χ0n) is 12.1. The van der Waals surface area contributed by atoms with Crippen molar-refractivity contribution in [2.45, 2.75) is 32.4 Å². The van der Waals surface area contributed by atoms with Crippen LogP contribution in [0.4, 0.5) is 8.78 Å². The van der Waals surface area contributed by atoms with E-state index in [9.17, 15) is 13.6 Å². The standard InChI is InChI=1S/C16H20F2N2O/c1-10-7-19-8-14(10)16(21)20(13-4-5-13)9-11-2-3-12(17)6-15(11)18/h2-3,6,10,13-14,19H,4-5,7-9H2,1H3/t10-,14-/m1/s1. The fraction of sp³-hybridized carbons (Fsp3) is 0.562. The van der Waals surface area contributed by atoms with Crippen LogP contribution in [0.5, 0.6) is 0 Å². The molecule has 3 rings (SSSR count). The van der Waals surface area contributed by atoms with E-state index in [-0.39, 0.29) is 24.4 Å². The maximum atomic E-state index is 13.8. The molecule has 1 saturated heterocycles. The van der Waals surface area contributed by atoms with Crippen molar-refractivity contribution in [3.8, 4) is 0 Å². The van der Waals surface area contributed by atoms with Gasteiger partial charge in [0.25, 0.3) is 0 Å². The molecule has 1 aromatic carbocycles. The van der Waals surface area contributed by atoms with Crippen LogP contribution in [0.25, 0.3) is 0 Å². The molecule has 3 nitrogen and oxygen atoms in total. The average Bonchev–Trinajstić information content (AvgIpc) is 3.19. The van der Waals surface area contributed by atoms with Gasteiger partial charge in [-0.25, -0.2) is 8.78 Å². The second-order valence-corrected chi connectivity index (χ2v) is 6.18. The van der Waals surface area contributed by atoms with E-state index in [1.807, 2.05) is 0 Å². The van der Waals surface area contributed by atoms with Crippen molar-refractivity contribution in [2.24, 2.45) is 11.8 Å². The molecular formula is C16H20F2N2O. The molecule has 1 heterocycles. The Labute approximate surface area is 123 Å². The minimum Gasteiger partial charge on any atom is -0.335 e. The van der Waals surface area contributed by atoms with Crippen molar-refractivity contribution in [1.29, 1.82) is 0 Å². The van der Waals surface area contributed by atoms with Crippen LogP contribution in [0.3, 0.4) is 0 Å². The molecular weight excluding hydrogens is 274 g/mol. The van der Waals surface area contributed by atoms with Crippen LogP contribution in [-0.4, -0.2) is 29.9 Å². The molecule has 21 heavy (non-hydrogen) atoms. The molecule has 5 heteroatoms. The van der Waals surface area contributed by atoms with Gasteiger partial charge < -0.3 is 10.2 Å². The zero-order valence-corrected chi connectivity index (χ0v) is 12.1. The van der Waals surface area contributed by atoms with Gasteiger partial charge in [0, 0.05) is 30.8 Å². The molecule has 2 fully saturated rings. The Hall–Kier alpha value is -1.49. The zero-order chi connectivity index (χ0) is 15.0. The van der Waals surface area contributed by atoms with Gasteiger partial charge in [-0.05, 0) is 31.4 Å². The first-order valence-corrected chi connectivity index (χ1v) is 7.51. The number of halogens is 2. The van der Waals surface area contributed by atoms with Crippen LogP contribution in [0.2, 0.25) is 0 Å². The number of hydrogen-bond acceptors (Lipinski definition) is 2. The van der Waals surface area contributed by atoms with Gasteiger partial charge >= 0.3 is 0 Å². The van der Waals surface area contributed by atoms with E-state index in [1.165, 1.54) is 12.1 Å². The first-order valence-electron chi connectivity index (χ1n) is 7.51. The summed E-state index contributed by atoms with van der Waals surface area (Å²) in [4.78, 5) is 14.5. The molecule has 0 radical (unpaired) electrons. The minimum absolute atomic E-state index is 0.0332. The number of benzene rings is 1. The fourth-order valence-corrected chi connectivity index (χ4v) is 2.96. The molecule has 1 aliphatic heterocycles. The van der Waals surface area contributed by atoms with E-state index in [0.29, 0.717) is 18.0 Å². The summed E-state index contributed by atoms with van der Waals surface area (Å²) in [5, 5.41) is 3.23. The number of carbonyl (C=O) groups is 1. The predicted molar refractivity (Wildman–Crippen MR) is 75.5 cm³/mol. The molecule has 1 aromatic rings. The van der Waals surface area contributed by atoms with Crippen LogP contribution < -0.4 is 5.32 Å². The topological polar surface area (TPSA) is 32.3 Å². The first kappa shape index (κ1) is 14.4. The summed E-state index contributed by atoms with van der Waals surface area (Å²) in [5.41, 5.74) is 0.384. The van der Waals surface area contributed by atoms with Gasteiger partial charge in [0.05, 0.1) is 5.92 Å². The van der Waals surface area contributed by atoms with Gasteiger partial charge in [-0.15, -0.1) is 0 Å². The SMILES string of the molecule is C[C@@H]1CNC[C@H]1C(=O)N(Cc1ccc(F)cc1F)C1CC1. The van der Waals surface area contributed by atoms with Gasteiger partial charge in [0.2, 0.25) is 5.91 Å². The normalized spacial score (nSPS) is 25.1. The summed E-state index contributed by atoms with van der Waals surface area (Å²) < 4.78 is 26.8. The van der Waals surface area contributed by atoms with E-state index >= 15 is 0 Å². The number of nitrogens with one attached hydrogen (secondary N) is 1. The third kappa shape index (κ3) is 3.07. The fourth-order valence-electron chi connectivity index (χ4n) is 2.96. The van der Waals surface area contributed by atoms with E-state index in [2.05, 4.69) is 12.2 Å². The maximum Gasteiger partial charge on any atom is 0.227 e. The van der Waals surface area contributed by atoms with E-state index < -0.39 is 11.6 Å². The molecule has 1 amide bonds. The summed E-state index contributed by atoms with van der Waals surface area (Å²) >= 11 is 0. The van der Waals surface area contributed by atoms with Crippen molar-refractivity contribution >= 4 is 5.91 Å². The number of rotatable bonds is 4. The van der Waals surface area contributed by atoms with Crippen molar-refractivity contribution in [3.63, 3.8) is 0 Å². The summed E-state index contributed by atoms with van der Waals surface area (Å²) in [6.07, 6.45) is 1.95. The van der Waals surface area contributed by atoms with Crippen molar-refractivity contribution in [1.82, 2.24) is 10.2 Å². The quantitative estimate of drug-likeness (QED) is 0.924. The summed E-state index contributed by atoms with van der Waals surface area (Å²) in [6.45, 7) is 3.83. The lowest BCUT2D eigenvalue weighted by Gasteiger charge is -2.27. The lowest BCUT2D eigenvalue weighted by atomic mass is 9.96. The van der Waals surface area contributed by atoms with E-state index in [4.69, 9.17) is 0 Å². The molecule has 0 aromatic heterocycles. The number of nitrogens with zero attached hydrogens (tertiary/aromatic N) is 1. The first-order chi connectivity index (χ1) is 10.1. The Kier molecular flexibility index (Phi) is 3.93. The second kappa shape index (κ2) is 5.72. The third-order valence-electron chi connectivity index (χ3n) is 4.46. The highest BCUT2D eigenvalue weighted by Crippen LogP contribution is 2.32. The molecule has 1 saturated carbocycles. The Morgan fingerprint density at radius 1 is 1.33 bits per heavy atom. The third-order valence-corrected chi connectivity index (χ3v) is 4.46. The van der Waals surface area contributed by atoms with Crippen LogP contribution in [0.1, 0.15) is 25.3 Å². The molecule has 2 atom stereocenters. The van der Waals surface area contributed by atoms with Crippen molar-refractivity contribution in [3.05, 3.63) is 35.4 Å². The smallest absolute Gasteiger partial charge is 0.227 e. The average molecular weight is 294 g/mol. The molecule has 2 aliphatic rings. The van der Waals surface area contributed by atoms with E-state index in [0.717, 1.165) is 25.5 Å². The summed E-state index contributed by atoms with van der Waals surface area (Å²) in [5.74, 6) is -0.801. The highest BCUT2D eigenvalue weighted by molar-refractivity contribution is 5.80. The molecule has 0 spiro atoms. The van der Waals surface area contributed by atoms with Crippen LogP contribution in [0.15, 0.2) is 18.2 Å². The minimum atomic E-state index is -0.589. The molecule has 1 aliphatic carbocycles. The molecule has 114 valence electrons. The largest absolute Gasteiger partial charge is 0.335 e. The van der Waals surface area contributed by atoms with Gasteiger partial charge in [-0.2, -0.15) is 0 Å².